The predicted octanol–water partition coefficient (Wildman–Crippen LogP) is 4.85. The minimum atomic E-state index is -0.457. The molecule has 0 aliphatic heterocycles. The first kappa shape index (κ1) is 18.3. The van der Waals surface area contributed by atoms with Gasteiger partial charge in [-0.2, -0.15) is 0 Å². The third kappa shape index (κ3) is 5.01. The van der Waals surface area contributed by atoms with Gasteiger partial charge in [-0.1, -0.05) is 30.3 Å². The molecule has 0 saturated carbocycles. The lowest BCUT2D eigenvalue weighted by Crippen LogP contribution is -2.06. The van der Waals surface area contributed by atoms with Crippen molar-refractivity contribution in [2.45, 2.75) is 6.61 Å². The minimum Gasteiger partial charge on any atom is -0.497 e. The number of ether oxygens (including phenoxy) is 4. The van der Waals surface area contributed by atoms with Crippen LogP contribution in [0.25, 0.3) is 0 Å². The average Bonchev–Trinajstić information content (AvgIpc) is 2.72. The van der Waals surface area contributed by atoms with Gasteiger partial charge in [0.2, 0.25) is 0 Å². The summed E-state index contributed by atoms with van der Waals surface area (Å²) in [6, 6.07) is 21.8. The van der Waals surface area contributed by atoms with Gasteiger partial charge in [0.05, 0.1) is 19.8 Å². The van der Waals surface area contributed by atoms with Gasteiger partial charge < -0.3 is 18.9 Å². The van der Waals surface area contributed by atoms with E-state index in [1.165, 1.54) is 14.2 Å². The summed E-state index contributed by atoms with van der Waals surface area (Å²) in [5.74, 6) is 2.02. The molecule has 5 heteroatoms. The lowest BCUT2D eigenvalue weighted by Gasteiger charge is -2.10. The lowest BCUT2D eigenvalue weighted by atomic mass is 10.2. The van der Waals surface area contributed by atoms with Crippen LogP contribution in [0.4, 0.5) is 0 Å². The first-order chi connectivity index (χ1) is 13.2. The SMILES string of the molecule is COc1cc(OC)cc(C(=O)OCc2cccc(Oc3ccccc3)c2)c1. The Kier molecular flexibility index (Phi) is 5.94. The molecule has 0 unspecified atom stereocenters. The van der Waals surface area contributed by atoms with Crippen LogP contribution in [-0.2, 0) is 11.3 Å². The molecule has 0 amide bonds. The van der Waals surface area contributed by atoms with Crippen LogP contribution < -0.4 is 14.2 Å². The summed E-state index contributed by atoms with van der Waals surface area (Å²) in [6.45, 7) is 0.129. The molecule has 0 N–H and O–H groups in total. The van der Waals surface area contributed by atoms with E-state index in [2.05, 4.69) is 0 Å². The Balaban J connectivity index is 1.66. The van der Waals surface area contributed by atoms with Crippen LogP contribution in [0.1, 0.15) is 15.9 Å². The molecule has 3 rings (SSSR count). The van der Waals surface area contributed by atoms with Crippen LogP contribution in [0.15, 0.2) is 72.8 Å². The first-order valence-corrected chi connectivity index (χ1v) is 8.40. The first-order valence-electron chi connectivity index (χ1n) is 8.40. The van der Waals surface area contributed by atoms with Crippen LogP contribution in [0.2, 0.25) is 0 Å². The van der Waals surface area contributed by atoms with Crippen LogP contribution in [0.5, 0.6) is 23.0 Å². The average molecular weight is 364 g/mol. The summed E-state index contributed by atoms with van der Waals surface area (Å²) in [5.41, 5.74) is 1.19. The summed E-state index contributed by atoms with van der Waals surface area (Å²) in [6.07, 6.45) is 0. The summed E-state index contributed by atoms with van der Waals surface area (Å²) >= 11 is 0. The van der Waals surface area contributed by atoms with E-state index in [1.54, 1.807) is 18.2 Å². The van der Waals surface area contributed by atoms with Gasteiger partial charge in [0.25, 0.3) is 0 Å². The van der Waals surface area contributed by atoms with Crippen molar-refractivity contribution in [1.82, 2.24) is 0 Å². The molecule has 3 aromatic carbocycles. The fourth-order valence-corrected chi connectivity index (χ4v) is 2.48. The lowest BCUT2D eigenvalue weighted by molar-refractivity contribution is 0.0471. The second kappa shape index (κ2) is 8.76. The maximum atomic E-state index is 12.4. The van der Waals surface area contributed by atoms with E-state index in [1.807, 2.05) is 54.6 Å². The number of carbonyl (C=O) groups is 1. The number of carbonyl (C=O) groups excluding carboxylic acids is 1. The van der Waals surface area contributed by atoms with Crippen molar-refractivity contribution in [3.8, 4) is 23.0 Å². The third-order valence-electron chi connectivity index (χ3n) is 3.83. The van der Waals surface area contributed by atoms with Crippen LogP contribution in [-0.4, -0.2) is 20.2 Å². The van der Waals surface area contributed by atoms with E-state index in [-0.39, 0.29) is 6.61 Å². The highest BCUT2D eigenvalue weighted by atomic mass is 16.5. The van der Waals surface area contributed by atoms with Crippen LogP contribution in [0, 0.1) is 0 Å². The number of hydrogen-bond donors (Lipinski definition) is 0. The summed E-state index contributed by atoms with van der Waals surface area (Å²) in [5, 5.41) is 0. The molecular weight excluding hydrogens is 344 g/mol. The fourth-order valence-electron chi connectivity index (χ4n) is 2.48. The van der Waals surface area contributed by atoms with Crippen molar-refractivity contribution >= 4 is 5.97 Å². The zero-order valence-corrected chi connectivity index (χ0v) is 15.2. The molecule has 0 saturated heterocycles. The molecule has 138 valence electrons. The normalized spacial score (nSPS) is 10.1. The molecule has 0 aromatic heterocycles. The van der Waals surface area contributed by atoms with E-state index >= 15 is 0 Å². The molecule has 0 heterocycles. The molecule has 0 bridgehead atoms. The van der Waals surface area contributed by atoms with Crippen molar-refractivity contribution in [3.63, 3.8) is 0 Å². The second-order valence-corrected chi connectivity index (χ2v) is 5.74. The van der Waals surface area contributed by atoms with E-state index in [0.29, 0.717) is 22.8 Å². The van der Waals surface area contributed by atoms with Gasteiger partial charge in [-0.15, -0.1) is 0 Å². The second-order valence-electron chi connectivity index (χ2n) is 5.74. The Morgan fingerprint density at radius 1 is 0.741 bits per heavy atom. The molecule has 0 fully saturated rings. The van der Waals surface area contributed by atoms with Crippen molar-refractivity contribution in [3.05, 3.63) is 83.9 Å². The number of methoxy groups -OCH3 is 2. The van der Waals surface area contributed by atoms with Gasteiger partial charge in [0.1, 0.15) is 29.6 Å². The Bertz CT molecular complexity index is 883. The minimum absolute atomic E-state index is 0.129. The Morgan fingerprint density at radius 2 is 1.41 bits per heavy atom. The Labute approximate surface area is 158 Å². The van der Waals surface area contributed by atoms with Crippen molar-refractivity contribution < 1.29 is 23.7 Å². The number of esters is 1. The van der Waals surface area contributed by atoms with Gasteiger partial charge in [0, 0.05) is 6.07 Å². The zero-order valence-electron chi connectivity index (χ0n) is 15.2. The van der Waals surface area contributed by atoms with E-state index < -0.39 is 5.97 Å². The standard InChI is InChI=1S/C22H20O5/c1-24-20-12-17(13-21(14-20)25-2)22(23)26-15-16-7-6-10-19(11-16)27-18-8-4-3-5-9-18/h3-14H,15H2,1-2H3. The van der Waals surface area contributed by atoms with E-state index in [0.717, 1.165) is 11.3 Å². The maximum Gasteiger partial charge on any atom is 0.338 e. The highest BCUT2D eigenvalue weighted by Gasteiger charge is 2.12. The Hall–Kier alpha value is -3.47. The molecule has 0 aliphatic rings. The third-order valence-corrected chi connectivity index (χ3v) is 3.83. The molecular formula is C22H20O5. The number of rotatable bonds is 7. The molecule has 5 nitrogen and oxygen atoms in total. The highest BCUT2D eigenvalue weighted by Crippen LogP contribution is 2.24. The highest BCUT2D eigenvalue weighted by molar-refractivity contribution is 5.90. The van der Waals surface area contributed by atoms with E-state index in [9.17, 15) is 4.79 Å². The van der Waals surface area contributed by atoms with Gasteiger partial charge >= 0.3 is 5.97 Å². The predicted molar refractivity (Wildman–Crippen MR) is 102 cm³/mol. The van der Waals surface area contributed by atoms with Gasteiger partial charge in [-0.05, 0) is 42.0 Å². The number of hydrogen-bond acceptors (Lipinski definition) is 5. The summed E-state index contributed by atoms with van der Waals surface area (Å²) in [4.78, 5) is 12.4. The molecule has 0 spiro atoms. The van der Waals surface area contributed by atoms with Crippen molar-refractivity contribution in [2.75, 3.05) is 14.2 Å². The molecule has 0 radical (unpaired) electrons. The molecule has 27 heavy (non-hydrogen) atoms. The van der Waals surface area contributed by atoms with Crippen molar-refractivity contribution in [2.24, 2.45) is 0 Å². The summed E-state index contributed by atoms with van der Waals surface area (Å²) in [7, 11) is 3.06. The molecule has 3 aromatic rings. The van der Waals surface area contributed by atoms with Crippen LogP contribution >= 0.6 is 0 Å². The quantitative estimate of drug-likeness (QED) is 0.561. The monoisotopic (exact) mass is 364 g/mol. The zero-order chi connectivity index (χ0) is 19.1. The fraction of sp³-hybridized carbons (Fsp3) is 0.136. The number of para-hydroxylation sites is 1. The molecule has 0 atom stereocenters. The van der Waals surface area contributed by atoms with Gasteiger partial charge in [-0.25, -0.2) is 4.79 Å². The maximum absolute atomic E-state index is 12.4. The van der Waals surface area contributed by atoms with Gasteiger partial charge in [0.15, 0.2) is 0 Å². The van der Waals surface area contributed by atoms with Crippen LogP contribution in [0.3, 0.4) is 0 Å². The Morgan fingerprint density at radius 3 is 2.07 bits per heavy atom. The largest absolute Gasteiger partial charge is 0.497 e. The summed E-state index contributed by atoms with van der Waals surface area (Å²) < 4.78 is 21.6. The smallest absolute Gasteiger partial charge is 0.338 e. The number of benzene rings is 3. The van der Waals surface area contributed by atoms with Crippen molar-refractivity contribution in [1.29, 1.82) is 0 Å². The molecule has 0 aliphatic carbocycles. The van der Waals surface area contributed by atoms with E-state index in [4.69, 9.17) is 18.9 Å². The van der Waals surface area contributed by atoms with Gasteiger partial charge in [-0.3, -0.25) is 0 Å². The topological polar surface area (TPSA) is 54.0 Å².